The van der Waals surface area contributed by atoms with Crippen LogP contribution in [-0.4, -0.2) is 27.2 Å². The third-order valence-corrected chi connectivity index (χ3v) is 4.13. The number of nitriles is 1. The third kappa shape index (κ3) is 4.34. The highest BCUT2D eigenvalue weighted by atomic mass is 32.2. The van der Waals surface area contributed by atoms with E-state index in [1.165, 1.54) is 12.1 Å². The van der Waals surface area contributed by atoms with Crippen molar-refractivity contribution in [2.75, 3.05) is 18.1 Å². The van der Waals surface area contributed by atoms with Crippen molar-refractivity contribution in [1.82, 2.24) is 0 Å². The molecule has 1 rings (SSSR count). The van der Waals surface area contributed by atoms with Crippen molar-refractivity contribution >= 4 is 22.2 Å². The van der Waals surface area contributed by atoms with Crippen LogP contribution in [0.25, 0.3) is 0 Å². The van der Waals surface area contributed by atoms with Gasteiger partial charge in [0.15, 0.2) is 0 Å². The summed E-state index contributed by atoms with van der Waals surface area (Å²) in [6.07, 6.45) is 2.38. The van der Waals surface area contributed by atoms with E-state index in [4.69, 9.17) is 5.26 Å². The fourth-order valence-electron chi connectivity index (χ4n) is 1.48. The minimum atomic E-state index is -0.866. The second-order valence-electron chi connectivity index (χ2n) is 4.13. The van der Waals surface area contributed by atoms with Crippen molar-refractivity contribution in [3.8, 4) is 6.07 Å². The van der Waals surface area contributed by atoms with E-state index < -0.39 is 15.7 Å². The molecular formula is C12H15N3O3S. The molecule has 1 aromatic rings. The number of anilines is 1. The number of hydrogen-bond donors (Lipinski definition) is 1. The summed E-state index contributed by atoms with van der Waals surface area (Å²) in [5.74, 6) is 0. The lowest BCUT2D eigenvalue weighted by atomic mass is 10.1. The predicted octanol–water partition coefficient (Wildman–Crippen LogP) is 2.04. The molecule has 0 radical (unpaired) electrons. The Morgan fingerprint density at radius 3 is 2.79 bits per heavy atom. The summed E-state index contributed by atoms with van der Waals surface area (Å²) in [5, 5.41) is 22.7. The lowest BCUT2D eigenvalue weighted by Gasteiger charge is -2.10. The van der Waals surface area contributed by atoms with Crippen LogP contribution in [0.4, 0.5) is 11.4 Å². The molecule has 19 heavy (non-hydrogen) atoms. The highest BCUT2D eigenvalue weighted by molar-refractivity contribution is 7.84. The largest absolute Gasteiger partial charge is 0.385 e. The average molecular weight is 281 g/mol. The van der Waals surface area contributed by atoms with Crippen LogP contribution < -0.4 is 5.32 Å². The Kier molecular flexibility index (Phi) is 5.45. The molecule has 2 unspecified atom stereocenters. The zero-order chi connectivity index (χ0) is 14.4. The first-order chi connectivity index (χ1) is 8.95. The molecule has 102 valence electrons. The molecule has 0 saturated heterocycles. The quantitative estimate of drug-likeness (QED) is 0.635. The van der Waals surface area contributed by atoms with Crippen LogP contribution in [0.15, 0.2) is 18.2 Å². The minimum absolute atomic E-state index is 0.0297. The highest BCUT2D eigenvalue weighted by Crippen LogP contribution is 2.21. The van der Waals surface area contributed by atoms with Gasteiger partial charge in [0.05, 0.1) is 4.92 Å². The van der Waals surface area contributed by atoms with Gasteiger partial charge in [-0.15, -0.1) is 0 Å². The minimum Gasteiger partial charge on any atom is -0.385 e. The van der Waals surface area contributed by atoms with Gasteiger partial charge in [0, 0.05) is 40.6 Å². The summed E-state index contributed by atoms with van der Waals surface area (Å²) in [7, 11) is -0.866. The van der Waals surface area contributed by atoms with Gasteiger partial charge in [0.2, 0.25) is 0 Å². The van der Waals surface area contributed by atoms with Crippen molar-refractivity contribution in [2.45, 2.75) is 18.6 Å². The molecule has 2 atom stereocenters. The van der Waals surface area contributed by atoms with E-state index in [0.717, 1.165) is 6.42 Å². The smallest absolute Gasteiger partial charge is 0.287 e. The number of benzene rings is 1. The van der Waals surface area contributed by atoms with Crippen LogP contribution in [-0.2, 0) is 10.8 Å². The topological polar surface area (TPSA) is 96.0 Å². The van der Waals surface area contributed by atoms with Gasteiger partial charge >= 0.3 is 0 Å². The molecule has 0 bridgehead atoms. The number of nitro groups is 1. The van der Waals surface area contributed by atoms with Crippen LogP contribution in [0, 0.1) is 21.4 Å². The van der Waals surface area contributed by atoms with Crippen LogP contribution in [0.3, 0.4) is 0 Å². The molecule has 1 aromatic carbocycles. The monoisotopic (exact) mass is 281 g/mol. The van der Waals surface area contributed by atoms with Crippen molar-refractivity contribution in [1.29, 1.82) is 5.26 Å². The van der Waals surface area contributed by atoms with Gasteiger partial charge < -0.3 is 5.32 Å². The zero-order valence-electron chi connectivity index (χ0n) is 10.8. The maximum Gasteiger partial charge on any atom is 0.287 e. The number of nitrogens with one attached hydrogen (secondary N) is 1. The van der Waals surface area contributed by atoms with Gasteiger partial charge in [-0.3, -0.25) is 14.3 Å². The van der Waals surface area contributed by atoms with Crippen molar-refractivity contribution in [2.24, 2.45) is 0 Å². The van der Waals surface area contributed by atoms with Gasteiger partial charge in [-0.2, -0.15) is 5.26 Å². The van der Waals surface area contributed by atoms with Gasteiger partial charge in [-0.25, -0.2) is 0 Å². The Balaban J connectivity index is 2.69. The van der Waals surface area contributed by atoms with E-state index in [1.54, 1.807) is 18.4 Å². The molecule has 0 fully saturated rings. The van der Waals surface area contributed by atoms with Crippen LogP contribution >= 0.6 is 0 Å². The van der Waals surface area contributed by atoms with Gasteiger partial charge in [-0.05, 0) is 18.6 Å². The molecule has 0 heterocycles. The Morgan fingerprint density at radius 2 is 2.26 bits per heavy atom. The summed E-state index contributed by atoms with van der Waals surface area (Å²) in [6, 6.07) is 6.12. The lowest BCUT2D eigenvalue weighted by molar-refractivity contribution is -0.385. The van der Waals surface area contributed by atoms with Crippen molar-refractivity contribution in [3.63, 3.8) is 0 Å². The van der Waals surface area contributed by atoms with E-state index in [2.05, 4.69) is 5.32 Å². The first-order valence-electron chi connectivity index (χ1n) is 5.70. The molecule has 6 nitrogen and oxygen atoms in total. The van der Waals surface area contributed by atoms with E-state index >= 15 is 0 Å². The first-order valence-corrected chi connectivity index (χ1v) is 7.32. The second-order valence-corrected chi connectivity index (χ2v) is 5.93. The van der Waals surface area contributed by atoms with Crippen LogP contribution in [0.5, 0.6) is 0 Å². The average Bonchev–Trinajstić information content (AvgIpc) is 2.37. The van der Waals surface area contributed by atoms with E-state index in [-0.39, 0.29) is 16.5 Å². The highest BCUT2D eigenvalue weighted by Gasteiger charge is 2.13. The second kappa shape index (κ2) is 6.85. The van der Waals surface area contributed by atoms with Crippen molar-refractivity contribution < 1.29 is 9.13 Å². The summed E-state index contributed by atoms with van der Waals surface area (Å²) >= 11 is 0. The summed E-state index contributed by atoms with van der Waals surface area (Å²) in [6.45, 7) is 2.50. The fourth-order valence-corrected chi connectivity index (χ4v) is 1.93. The third-order valence-electron chi connectivity index (χ3n) is 2.76. The van der Waals surface area contributed by atoms with E-state index in [9.17, 15) is 14.3 Å². The summed E-state index contributed by atoms with van der Waals surface area (Å²) in [4.78, 5) is 10.1. The first kappa shape index (κ1) is 15.1. The van der Waals surface area contributed by atoms with E-state index in [1.807, 2.05) is 6.92 Å². The molecule has 0 aliphatic rings. The molecule has 7 heteroatoms. The van der Waals surface area contributed by atoms with Gasteiger partial charge in [-0.1, -0.05) is 6.92 Å². The molecule has 0 aliphatic carbocycles. The zero-order valence-corrected chi connectivity index (χ0v) is 11.6. The Hall–Kier alpha value is -1.94. The molecule has 0 saturated carbocycles. The van der Waals surface area contributed by atoms with Gasteiger partial charge in [0.1, 0.15) is 11.6 Å². The molecular weight excluding hydrogens is 266 g/mol. The Morgan fingerprint density at radius 1 is 1.58 bits per heavy atom. The number of nitrogens with zero attached hydrogens (tertiary/aromatic N) is 2. The maximum atomic E-state index is 11.2. The predicted molar refractivity (Wildman–Crippen MR) is 74.4 cm³/mol. The fraction of sp³-hybridized carbons (Fsp3) is 0.417. The lowest BCUT2D eigenvalue weighted by Crippen LogP contribution is -2.14. The number of rotatable bonds is 6. The number of nitro benzene ring substituents is 1. The summed E-state index contributed by atoms with van der Waals surface area (Å²) < 4.78 is 11.2. The van der Waals surface area contributed by atoms with E-state index in [0.29, 0.717) is 12.2 Å². The Labute approximate surface area is 114 Å². The molecule has 0 aliphatic heterocycles. The Bertz CT molecular complexity index is 540. The number of hydrogen-bond acceptors (Lipinski definition) is 5. The molecule has 0 spiro atoms. The molecule has 0 aromatic heterocycles. The standard InChI is InChI=1S/C12H15N3O3S/c1-9(19(2)18)5-6-14-11-3-4-12(15(16)17)10(7-11)8-13/h3-4,7,9,14H,5-6H2,1-2H3. The van der Waals surface area contributed by atoms with Crippen LogP contribution in [0.2, 0.25) is 0 Å². The summed E-state index contributed by atoms with van der Waals surface area (Å²) in [5.41, 5.74) is 0.481. The van der Waals surface area contributed by atoms with Gasteiger partial charge in [0.25, 0.3) is 5.69 Å². The molecule has 0 amide bonds. The van der Waals surface area contributed by atoms with Crippen molar-refractivity contribution in [3.05, 3.63) is 33.9 Å². The van der Waals surface area contributed by atoms with Crippen LogP contribution in [0.1, 0.15) is 18.9 Å². The maximum absolute atomic E-state index is 11.2. The molecule has 1 N–H and O–H groups in total. The normalized spacial score (nSPS) is 13.3. The SMILES string of the molecule is CC(CCNc1ccc([N+](=O)[O-])c(C#N)c1)S(C)=O.